The molecule has 0 aromatic heterocycles. The molecular formula is C21H22N2O2. The summed E-state index contributed by atoms with van der Waals surface area (Å²) in [6.45, 7) is 5.22. The number of carbonyl (C=O) groups excluding carboxylic acids is 2. The maximum atomic E-state index is 13.0. The first-order chi connectivity index (χ1) is 11.9. The third-order valence-corrected chi connectivity index (χ3v) is 5.54. The number of benzene rings is 2. The molecule has 2 aromatic rings. The van der Waals surface area contributed by atoms with Gasteiger partial charge in [-0.3, -0.25) is 9.59 Å². The van der Waals surface area contributed by atoms with Crippen LogP contribution in [0, 0.1) is 0 Å². The van der Waals surface area contributed by atoms with Gasteiger partial charge >= 0.3 is 0 Å². The molecule has 4 heteroatoms. The Labute approximate surface area is 148 Å². The lowest BCUT2D eigenvalue weighted by Gasteiger charge is -2.29. The van der Waals surface area contributed by atoms with Crippen molar-refractivity contribution in [1.29, 1.82) is 0 Å². The van der Waals surface area contributed by atoms with Gasteiger partial charge in [0.1, 0.15) is 0 Å². The van der Waals surface area contributed by atoms with Crippen molar-refractivity contribution in [3.8, 4) is 0 Å². The number of hydrogen-bond acceptors (Lipinski definition) is 2. The molecule has 25 heavy (non-hydrogen) atoms. The van der Waals surface area contributed by atoms with E-state index in [1.807, 2.05) is 49.1 Å². The number of fused-ring (bicyclic) bond motifs is 2. The van der Waals surface area contributed by atoms with Gasteiger partial charge in [0.05, 0.1) is 5.41 Å². The van der Waals surface area contributed by atoms with Gasteiger partial charge in [-0.15, -0.1) is 0 Å². The molecule has 0 fully saturated rings. The zero-order valence-corrected chi connectivity index (χ0v) is 14.9. The van der Waals surface area contributed by atoms with Crippen LogP contribution >= 0.6 is 0 Å². The molecule has 4 nitrogen and oxygen atoms in total. The molecule has 0 saturated heterocycles. The van der Waals surface area contributed by atoms with Crippen molar-refractivity contribution in [2.75, 3.05) is 18.5 Å². The molecule has 4 rings (SSSR count). The van der Waals surface area contributed by atoms with Gasteiger partial charge in [-0.05, 0) is 55.2 Å². The third kappa shape index (κ3) is 2.36. The predicted molar refractivity (Wildman–Crippen MR) is 97.8 cm³/mol. The van der Waals surface area contributed by atoms with E-state index >= 15 is 0 Å². The summed E-state index contributed by atoms with van der Waals surface area (Å²) < 4.78 is 0. The van der Waals surface area contributed by atoms with Crippen molar-refractivity contribution in [3.63, 3.8) is 0 Å². The van der Waals surface area contributed by atoms with Crippen LogP contribution in [0.2, 0.25) is 0 Å². The Morgan fingerprint density at radius 1 is 1.08 bits per heavy atom. The summed E-state index contributed by atoms with van der Waals surface area (Å²) in [4.78, 5) is 29.0. The molecule has 0 atom stereocenters. The van der Waals surface area contributed by atoms with Crippen LogP contribution in [0.15, 0.2) is 42.5 Å². The second-order valence-corrected chi connectivity index (χ2v) is 7.47. The maximum absolute atomic E-state index is 13.0. The molecule has 0 N–H and O–H groups in total. The first kappa shape index (κ1) is 15.9. The van der Waals surface area contributed by atoms with E-state index in [9.17, 15) is 9.59 Å². The highest BCUT2D eigenvalue weighted by molar-refractivity contribution is 6.08. The number of likely N-dealkylation sites (N-methyl/N-ethyl adjacent to an activating group) is 1. The van der Waals surface area contributed by atoms with E-state index in [4.69, 9.17) is 0 Å². The number of carbonyl (C=O) groups is 2. The Kier molecular flexibility index (Phi) is 3.46. The zero-order valence-electron chi connectivity index (χ0n) is 14.9. The number of hydrogen-bond donors (Lipinski definition) is 0. The van der Waals surface area contributed by atoms with E-state index in [0.717, 1.165) is 24.2 Å². The van der Waals surface area contributed by atoms with Crippen molar-refractivity contribution in [2.45, 2.75) is 32.2 Å². The second-order valence-electron chi connectivity index (χ2n) is 7.47. The number of anilines is 1. The van der Waals surface area contributed by atoms with Crippen LogP contribution < -0.4 is 4.90 Å². The minimum atomic E-state index is -0.588. The molecule has 0 bridgehead atoms. The van der Waals surface area contributed by atoms with E-state index in [0.29, 0.717) is 12.1 Å². The summed E-state index contributed by atoms with van der Waals surface area (Å²) in [5, 5.41) is 0. The number of amides is 2. The fourth-order valence-corrected chi connectivity index (χ4v) is 3.96. The first-order valence-corrected chi connectivity index (χ1v) is 8.68. The maximum Gasteiger partial charge on any atom is 0.254 e. The number of nitrogens with zero attached hydrogens (tertiary/aromatic N) is 2. The fraction of sp³-hybridized carbons (Fsp3) is 0.333. The molecule has 2 aliphatic rings. The Morgan fingerprint density at radius 3 is 2.56 bits per heavy atom. The lowest BCUT2D eigenvalue weighted by atomic mass is 9.85. The summed E-state index contributed by atoms with van der Waals surface area (Å²) in [6.07, 6.45) is 0.888. The van der Waals surface area contributed by atoms with Gasteiger partial charge in [0.2, 0.25) is 5.91 Å². The van der Waals surface area contributed by atoms with Crippen LogP contribution in [0.3, 0.4) is 0 Å². The lowest BCUT2D eigenvalue weighted by Crippen LogP contribution is -2.36. The average molecular weight is 334 g/mol. The van der Waals surface area contributed by atoms with Crippen LogP contribution in [0.1, 0.15) is 40.9 Å². The Bertz CT molecular complexity index is 885. The second kappa shape index (κ2) is 5.45. The predicted octanol–water partition coefficient (Wildman–Crippen LogP) is 3.14. The smallest absolute Gasteiger partial charge is 0.254 e. The largest absolute Gasteiger partial charge is 0.334 e. The molecule has 2 amide bonds. The zero-order chi connectivity index (χ0) is 17.8. The SMILES string of the molecule is CN1C(=O)C(C)(C)c2cc(C(=O)N3CCc4ccccc4C3)ccc21. The summed E-state index contributed by atoms with van der Waals surface area (Å²) in [6, 6.07) is 13.9. The molecule has 2 heterocycles. The molecule has 2 aliphatic heterocycles. The van der Waals surface area contributed by atoms with E-state index in [1.165, 1.54) is 11.1 Å². The molecule has 2 aromatic carbocycles. The molecule has 128 valence electrons. The summed E-state index contributed by atoms with van der Waals surface area (Å²) in [5.74, 6) is 0.106. The summed E-state index contributed by atoms with van der Waals surface area (Å²) in [5.41, 5.74) is 4.45. The van der Waals surface area contributed by atoms with Crippen LogP contribution in [-0.4, -0.2) is 30.3 Å². The van der Waals surface area contributed by atoms with Gasteiger partial charge in [0.25, 0.3) is 5.91 Å². The van der Waals surface area contributed by atoms with E-state index in [2.05, 4.69) is 12.1 Å². The molecular weight excluding hydrogens is 312 g/mol. The van der Waals surface area contributed by atoms with E-state index in [1.54, 1.807) is 11.9 Å². The minimum absolute atomic E-state index is 0.0371. The molecule has 0 radical (unpaired) electrons. The molecule has 0 unspecified atom stereocenters. The molecule has 0 aliphatic carbocycles. The highest BCUT2D eigenvalue weighted by Gasteiger charge is 2.42. The van der Waals surface area contributed by atoms with Crippen molar-refractivity contribution in [2.24, 2.45) is 0 Å². The highest BCUT2D eigenvalue weighted by Crippen LogP contribution is 2.41. The van der Waals surface area contributed by atoms with Gasteiger partial charge in [-0.1, -0.05) is 24.3 Å². The van der Waals surface area contributed by atoms with Crippen LogP contribution in [0.5, 0.6) is 0 Å². The fourth-order valence-electron chi connectivity index (χ4n) is 3.96. The van der Waals surface area contributed by atoms with Crippen LogP contribution in [0.4, 0.5) is 5.69 Å². The van der Waals surface area contributed by atoms with Gasteiger partial charge in [-0.2, -0.15) is 0 Å². The van der Waals surface area contributed by atoms with Gasteiger partial charge in [-0.25, -0.2) is 0 Å². The van der Waals surface area contributed by atoms with Crippen molar-refractivity contribution in [1.82, 2.24) is 4.90 Å². The van der Waals surface area contributed by atoms with Crippen molar-refractivity contribution < 1.29 is 9.59 Å². The van der Waals surface area contributed by atoms with E-state index < -0.39 is 5.41 Å². The van der Waals surface area contributed by atoms with Crippen LogP contribution in [0.25, 0.3) is 0 Å². The van der Waals surface area contributed by atoms with E-state index in [-0.39, 0.29) is 11.8 Å². The Morgan fingerprint density at radius 2 is 1.80 bits per heavy atom. The van der Waals surface area contributed by atoms with Crippen LogP contribution in [-0.2, 0) is 23.2 Å². The summed E-state index contributed by atoms with van der Waals surface area (Å²) in [7, 11) is 1.79. The molecule has 0 saturated carbocycles. The Hall–Kier alpha value is -2.62. The normalized spacial score (nSPS) is 18.1. The lowest BCUT2D eigenvalue weighted by molar-refractivity contribution is -0.121. The Balaban J connectivity index is 1.65. The highest BCUT2D eigenvalue weighted by atomic mass is 16.2. The standard InChI is InChI=1S/C21H22N2O2/c1-21(2)17-12-15(8-9-18(17)22(3)20(21)25)19(24)23-11-10-14-6-4-5-7-16(14)13-23/h4-9,12H,10-11,13H2,1-3H3. The monoisotopic (exact) mass is 334 g/mol. The average Bonchev–Trinajstić information content (AvgIpc) is 2.81. The third-order valence-electron chi connectivity index (χ3n) is 5.54. The molecule has 0 spiro atoms. The minimum Gasteiger partial charge on any atom is -0.334 e. The summed E-state index contributed by atoms with van der Waals surface area (Å²) >= 11 is 0. The number of rotatable bonds is 1. The topological polar surface area (TPSA) is 40.6 Å². The van der Waals surface area contributed by atoms with Gasteiger partial charge in [0.15, 0.2) is 0 Å². The van der Waals surface area contributed by atoms with Gasteiger partial charge < -0.3 is 9.80 Å². The van der Waals surface area contributed by atoms with Gasteiger partial charge in [0, 0.05) is 31.4 Å². The van der Waals surface area contributed by atoms with Crippen molar-refractivity contribution in [3.05, 3.63) is 64.7 Å². The first-order valence-electron chi connectivity index (χ1n) is 8.68. The quantitative estimate of drug-likeness (QED) is 0.804. The van der Waals surface area contributed by atoms with Crippen molar-refractivity contribution >= 4 is 17.5 Å².